The van der Waals surface area contributed by atoms with Crippen molar-refractivity contribution >= 4 is 52.3 Å². The first-order chi connectivity index (χ1) is 33.3. The van der Waals surface area contributed by atoms with Gasteiger partial charge in [0.05, 0.1) is 40.5 Å². The minimum absolute atomic E-state index is 0.0194. The number of nitriles is 1. The van der Waals surface area contributed by atoms with Gasteiger partial charge in [-0.25, -0.2) is 23.8 Å². The molecule has 9 aromatic rings. The van der Waals surface area contributed by atoms with E-state index in [1.165, 1.54) is 45.8 Å². The van der Waals surface area contributed by atoms with E-state index in [2.05, 4.69) is 66.7 Å². The van der Waals surface area contributed by atoms with E-state index in [0.29, 0.717) is 16.8 Å². The summed E-state index contributed by atoms with van der Waals surface area (Å²) in [5, 5.41) is 76.3. The fraction of sp³-hybridized carbons (Fsp3) is 0.0444. The van der Waals surface area contributed by atoms with Crippen molar-refractivity contribution in [1.29, 1.82) is 5.26 Å². The maximum atomic E-state index is 11.9. The summed E-state index contributed by atoms with van der Waals surface area (Å²) >= 11 is 0. The Bertz CT molecular complexity index is 3430. The first-order valence-electron chi connectivity index (χ1n) is 20.2. The number of carboxylic acids is 2. The summed E-state index contributed by atoms with van der Waals surface area (Å²) in [6.45, 7) is 11.2. The molecular formula is C45H31N19O5. The predicted molar refractivity (Wildman–Crippen MR) is 245 cm³/mol. The van der Waals surface area contributed by atoms with Crippen LogP contribution in [0.5, 0.6) is 6.01 Å². The zero-order chi connectivity index (χ0) is 48.5. The van der Waals surface area contributed by atoms with Gasteiger partial charge in [0, 0.05) is 5.56 Å². The van der Waals surface area contributed by atoms with E-state index in [9.17, 15) is 30.2 Å². The first-order valence-corrected chi connectivity index (χ1v) is 20.2. The second kappa shape index (κ2) is 17.7. The zero-order valence-corrected chi connectivity index (χ0v) is 35.8. The van der Waals surface area contributed by atoms with Crippen LogP contribution in [0.3, 0.4) is 0 Å². The lowest BCUT2D eigenvalue weighted by molar-refractivity contribution is 0.0686. The number of hydrogen-bond acceptors (Lipinski definition) is 17. The number of aryl methyl sites for hydroxylation is 2. The van der Waals surface area contributed by atoms with E-state index in [1.807, 2.05) is 6.07 Å². The molecule has 0 aliphatic rings. The summed E-state index contributed by atoms with van der Waals surface area (Å²) in [5.41, 5.74) is 16.0. The van der Waals surface area contributed by atoms with Crippen LogP contribution in [0.15, 0.2) is 130 Å². The van der Waals surface area contributed by atoms with Crippen molar-refractivity contribution in [1.82, 2.24) is 54.1 Å². The second-order valence-electron chi connectivity index (χ2n) is 14.7. The van der Waals surface area contributed by atoms with E-state index in [-0.39, 0.29) is 97.4 Å². The number of anilines is 2. The van der Waals surface area contributed by atoms with Crippen LogP contribution in [-0.2, 0) is 0 Å². The molecule has 69 heavy (non-hydrogen) atoms. The van der Waals surface area contributed by atoms with Gasteiger partial charge in [-0.2, -0.15) is 50.0 Å². The van der Waals surface area contributed by atoms with Crippen LogP contribution in [0, 0.1) is 31.8 Å². The predicted octanol–water partition coefficient (Wildman–Crippen LogP) is 8.08. The summed E-state index contributed by atoms with van der Waals surface area (Å²) in [6.07, 6.45) is 0. The lowest BCUT2D eigenvalue weighted by atomic mass is 10.1. The van der Waals surface area contributed by atoms with Gasteiger partial charge in [-0.1, -0.05) is 72.8 Å². The fourth-order valence-corrected chi connectivity index (χ4v) is 7.04. The summed E-state index contributed by atoms with van der Waals surface area (Å²) in [4.78, 5) is 39.9. The molecule has 0 spiro atoms. The molecule has 5 aromatic heterocycles. The Balaban J connectivity index is 1.08. The third-order valence-electron chi connectivity index (χ3n) is 10.3. The molecule has 0 amide bonds. The Morgan fingerprint density at radius 1 is 0.623 bits per heavy atom. The minimum atomic E-state index is -1.17. The van der Waals surface area contributed by atoms with Crippen LogP contribution in [0.1, 0.15) is 37.7 Å². The normalized spacial score (nSPS) is 11.3. The lowest BCUT2D eigenvalue weighted by Gasteiger charge is -2.07. The molecular weight excluding hydrogens is 887 g/mol. The summed E-state index contributed by atoms with van der Waals surface area (Å²) in [7, 11) is 0. The first kappa shape index (κ1) is 43.5. The third-order valence-corrected chi connectivity index (χ3v) is 10.3. The third kappa shape index (κ3) is 8.06. The fourth-order valence-electron chi connectivity index (χ4n) is 7.04. The number of aromatic nitrogens is 11. The number of azo groups is 2. The smallest absolute Gasteiger partial charge is 0.335 e. The van der Waals surface area contributed by atoms with Gasteiger partial charge >= 0.3 is 17.9 Å². The van der Waals surface area contributed by atoms with Crippen molar-refractivity contribution < 1.29 is 24.9 Å². The average molecular weight is 918 g/mol. The maximum Gasteiger partial charge on any atom is 0.335 e. The number of nitrogen functional groups attached to an aromatic ring is 2. The quantitative estimate of drug-likeness (QED) is 0.0571. The Morgan fingerprint density at radius 3 is 1.57 bits per heavy atom. The average Bonchev–Trinajstić information content (AvgIpc) is 4.09. The van der Waals surface area contributed by atoms with Crippen LogP contribution < -0.4 is 11.5 Å². The highest BCUT2D eigenvalue weighted by molar-refractivity contribution is 5.89. The molecule has 0 aliphatic heterocycles. The van der Waals surface area contributed by atoms with Crippen molar-refractivity contribution in [2.75, 3.05) is 11.5 Å². The van der Waals surface area contributed by atoms with Crippen LogP contribution in [0.4, 0.5) is 40.3 Å². The number of rotatable bonds is 12. The van der Waals surface area contributed by atoms with Gasteiger partial charge in [0.25, 0.3) is 17.6 Å². The number of nitrogens with zero attached hydrogens (tertiary/aromatic N) is 17. The SMILES string of the molecule is [C-]#[N+]c1c(-c2ccccc2)nn(-c2cccc(C(=O)O)c2)c1N=Nc1c(C)nn(-c2nc(O)nc(-n3nc(C)c(N=Nc4c(C#N)c(-c5ccccc5)nn4-c4cccc(C(=O)O)c4)c3N)n2)c1N. The van der Waals surface area contributed by atoms with Gasteiger partial charge in [-0.3, -0.25) is 0 Å². The number of aromatic carboxylic acids is 2. The summed E-state index contributed by atoms with van der Waals surface area (Å²) in [5.74, 6) is -3.30. The molecule has 24 nitrogen and oxygen atoms in total. The summed E-state index contributed by atoms with van der Waals surface area (Å²) < 4.78 is 4.73. The molecule has 0 fully saturated rings. The van der Waals surface area contributed by atoms with E-state index in [0.717, 1.165) is 9.36 Å². The molecule has 0 saturated heterocycles. The molecule has 0 saturated carbocycles. The van der Waals surface area contributed by atoms with Crippen LogP contribution in [0.2, 0.25) is 0 Å². The number of aromatic hydroxyl groups is 1. The van der Waals surface area contributed by atoms with Crippen LogP contribution >= 0.6 is 0 Å². The second-order valence-corrected chi connectivity index (χ2v) is 14.7. The Morgan fingerprint density at radius 2 is 1.09 bits per heavy atom. The largest absolute Gasteiger partial charge is 0.479 e. The molecule has 0 radical (unpaired) electrons. The zero-order valence-electron chi connectivity index (χ0n) is 35.8. The molecule has 9 rings (SSSR count). The Hall–Kier alpha value is -10.8. The molecule has 336 valence electrons. The molecule has 0 bridgehead atoms. The Labute approximate surface area is 387 Å². The van der Waals surface area contributed by atoms with Crippen molar-refractivity contribution in [2.45, 2.75) is 13.8 Å². The highest BCUT2D eigenvalue weighted by atomic mass is 16.4. The minimum Gasteiger partial charge on any atom is -0.479 e. The molecule has 0 atom stereocenters. The molecule has 7 N–H and O–H groups in total. The highest BCUT2D eigenvalue weighted by Gasteiger charge is 2.26. The number of benzene rings is 4. The van der Waals surface area contributed by atoms with E-state index in [4.69, 9.17) is 18.0 Å². The maximum absolute atomic E-state index is 11.9. The number of nitrogens with two attached hydrogens (primary N) is 2. The number of hydrogen-bond donors (Lipinski definition) is 5. The van der Waals surface area contributed by atoms with Crippen LogP contribution in [0.25, 0.3) is 50.6 Å². The highest BCUT2D eigenvalue weighted by Crippen LogP contribution is 2.42. The van der Waals surface area contributed by atoms with Crippen molar-refractivity contribution in [3.05, 3.63) is 149 Å². The molecule has 0 unspecified atom stereocenters. The van der Waals surface area contributed by atoms with Crippen molar-refractivity contribution in [2.24, 2.45) is 20.5 Å². The van der Waals surface area contributed by atoms with Gasteiger partial charge in [0.1, 0.15) is 23.0 Å². The van der Waals surface area contributed by atoms with E-state index in [1.54, 1.807) is 80.6 Å². The van der Waals surface area contributed by atoms with Gasteiger partial charge < -0.3 is 26.8 Å². The molecule has 5 heterocycles. The molecule has 4 aromatic carbocycles. The van der Waals surface area contributed by atoms with Gasteiger partial charge in [-0.15, -0.1) is 20.5 Å². The number of carboxylic acid groups (broad SMARTS) is 2. The molecule has 24 heteroatoms. The van der Waals surface area contributed by atoms with Crippen molar-refractivity contribution in [3.8, 4) is 57.9 Å². The van der Waals surface area contributed by atoms with Crippen LogP contribution in [-0.4, -0.2) is 81.3 Å². The van der Waals surface area contributed by atoms with Crippen molar-refractivity contribution in [3.63, 3.8) is 0 Å². The lowest BCUT2D eigenvalue weighted by Crippen LogP contribution is -2.13. The monoisotopic (exact) mass is 917 g/mol. The number of carbonyl (C=O) groups is 2. The topological polar surface area (TPSA) is 334 Å². The standard InChI is InChI=1S/C45H31N19O5/c1-23-32(53-55-39-31(22-46)34(25-12-6-4-7-13-25)59-61(39)29-18-10-16-27(20-29)41(65)66)37(47)63(57-23)43-50-44(52-45(69)51-43)64-38(48)33(24(2)58-64)54-56-40-36(49-3)35(26-14-8-5-9-15-26)60-62(40)30-19-11-17-28(21-30)42(67)68/h4-21H,47-48H2,1-2H3,(H,65,66)(H,67,68)(H,50,51,52,69). The Kier molecular flexibility index (Phi) is 11.1. The van der Waals surface area contributed by atoms with E-state index < -0.39 is 17.9 Å². The molecule has 0 aliphatic carbocycles. The van der Waals surface area contributed by atoms with Gasteiger partial charge in [-0.05, 0) is 55.8 Å². The van der Waals surface area contributed by atoms with Gasteiger partial charge in [0.2, 0.25) is 0 Å². The van der Waals surface area contributed by atoms with E-state index >= 15 is 0 Å². The van der Waals surface area contributed by atoms with Gasteiger partial charge in [0.15, 0.2) is 34.6 Å². The summed E-state index contributed by atoms with van der Waals surface area (Å²) in [6, 6.07) is 31.0.